The number of carbonyl (C=O) groups excluding carboxylic acids is 2. The van der Waals surface area contributed by atoms with Gasteiger partial charge in [0.15, 0.2) is 0 Å². The van der Waals surface area contributed by atoms with Gasteiger partial charge in [0, 0.05) is 49.7 Å². The van der Waals surface area contributed by atoms with E-state index in [0.717, 1.165) is 11.4 Å². The molecule has 0 aromatic carbocycles. The van der Waals surface area contributed by atoms with Gasteiger partial charge in [-0.05, 0) is 24.3 Å². The van der Waals surface area contributed by atoms with Gasteiger partial charge in [-0.25, -0.2) is 0 Å². The second-order valence-electron chi connectivity index (χ2n) is 5.50. The molecule has 0 spiro atoms. The van der Waals surface area contributed by atoms with Crippen LogP contribution in [0.15, 0.2) is 48.8 Å². The number of carbonyl (C=O) groups is 2. The predicted molar refractivity (Wildman–Crippen MR) is 92.5 cm³/mol. The van der Waals surface area contributed by atoms with E-state index >= 15 is 0 Å². The van der Waals surface area contributed by atoms with Crippen LogP contribution in [0.1, 0.15) is 17.8 Å². The maximum atomic E-state index is 11.8. The number of amides is 2. The minimum atomic E-state index is -1.36. The average Bonchev–Trinajstić information content (AvgIpc) is 2.63. The lowest BCUT2D eigenvalue weighted by Gasteiger charge is -2.11. The molecule has 0 aliphatic rings. The van der Waals surface area contributed by atoms with Gasteiger partial charge in [-0.2, -0.15) is 0 Å². The molecule has 2 heterocycles. The Bertz CT molecular complexity index is 665. The zero-order valence-corrected chi connectivity index (χ0v) is 13.9. The summed E-state index contributed by atoms with van der Waals surface area (Å²) in [6.45, 7) is 0.762. The highest BCUT2D eigenvalue weighted by Gasteiger charge is 2.18. The summed E-state index contributed by atoms with van der Waals surface area (Å²) in [4.78, 5) is 31.9. The number of aromatic nitrogens is 2. The van der Waals surface area contributed by atoms with Gasteiger partial charge < -0.3 is 15.7 Å². The van der Waals surface area contributed by atoms with Crippen LogP contribution >= 0.6 is 0 Å². The van der Waals surface area contributed by atoms with Crippen LogP contribution in [-0.4, -0.2) is 46.1 Å². The molecule has 0 bridgehead atoms. The van der Waals surface area contributed by atoms with Crippen molar-refractivity contribution in [1.82, 2.24) is 20.6 Å². The first-order chi connectivity index (χ1) is 12.1. The second kappa shape index (κ2) is 10.1. The molecule has 0 radical (unpaired) electrons. The normalized spacial score (nSPS) is 11.6. The van der Waals surface area contributed by atoms with Crippen LogP contribution in [0.2, 0.25) is 0 Å². The number of nitrogens with zero attached hydrogens (tertiary/aromatic N) is 2. The maximum Gasteiger partial charge on any atom is 0.249 e. The molecule has 2 rings (SSSR count). The molecule has 1 atom stereocenters. The van der Waals surface area contributed by atoms with E-state index in [2.05, 4.69) is 20.6 Å². The van der Waals surface area contributed by atoms with Crippen molar-refractivity contribution >= 4 is 11.8 Å². The molecule has 3 N–H and O–H groups in total. The Morgan fingerprint density at radius 3 is 2.00 bits per heavy atom. The summed E-state index contributed by atoms with van der Waals surface area (Å²) in [5.41, 5.74) is 1.72. The molecule has 0 aliphatic heterocycles. The topological polar surface area (TPSA) is 104 Å². The smallest absolute Gasteiger partial charge is 0.249 e. The number of hydrogen-bond donors (Lipinski definition) is 3. The van der Waals surface area contributed by atoms with Crippen molar-refractivity contribution in [3.63, 3.8) is 0 Å². The largest absolute Gasteiger partial charge is 0.383 e. The zero-order chi connectivity index (χ0) is 17.9. The van der Waals surface area contributed by atoms with Gasteiger partial charge in [-0.15, -0.1) is 0 Å². The first-order valence-corrected chi connectivity index (χ1v) is 8.17. The van der Waals surface area contributed by atoms with E-state index in [1.165, 1.54) is 0 Å². The summed E-state index contributed by atoms with van der Waals surface area (Å²) in [5, 5.41) is 15.1. The summed E-state index contributed by atoms with van der Waals surface area (Å²) in [6.07, 6.45) is 2.91. The molecule has 0 aliphatic carbocycles. The average molecular weight is 342 g/mol. The lowest BCUT2D eigenvalue weighted by atomic mass is 10.2. The fraction of sp³-hybridized carbons (Fsp3) is 0.333. The lowest BCUT2D eigenvalue weighted by molar-refractivity contribution is -0.134. The third-order valence-electron chi connectivity index (χ3n) is 3.52. The molecule has 0 saturated heterocycles. The van der Waals surface area contributed by atoms with Crippen LogP contribution in [0.4, 0.5) is 0 Å². The van der Waals surface area contributed by atoms with Gasteiger partial charge in [-0.1, -0.05) is 12.1 Å². The molecular weight excluding hydrogens is 320 g/mol. The van der Waals surface area contributed by atoms with Gasteiger partial charge in [0.05, 0.1) is 6.42 Å². The van der Waals surface area contributed by atoms with E-state index in [9.17, 15) is 14.7 Å². The van der Waals surface area contributed by atoms with Gasteiger partial charge in [0.25, 0.3) is 0 Å². The van der Waals surface area contributed by atoms with Crippen molar-refractivity contribution < 1.29 is 14.7 Å². The number of aliphatic hydroxyl groups excluding tert-OH is 1. The molecule has 0 fully saturated rings. The van der Waals surface area contributed by atoms with Crippen LogP contribution in [0.5, 0.6) is 0 Å². The highest BCUT2D eigenvalue weighted by molar-refractivity contribution is 5.87. The Labute approximate surface area is 146 Å². The number of aliphatic hydroxyl groups is 1. The van der Waals surface area contributed by atoms with Crippen molar-refractivity contribution in [1.29, 1.82) is 0 Å². The highest BCUT2D eigenvalue weighted by Crippen LogP contribution is 1.97. The fourth-order valence-electron chi connectivity index (χ4n) is 2.19. The standard InChI is InChI=1S/C18H22N4O3/c23-16(18(25)22-12-8-15-6-2-4-10-20-15)13-17(24)21-11-7-14-5-1-3-9-19-14/h1-6,9-10,16,23H,7-8,11-13H2,(H,21,24)(H,22,25)/t16-/m0/s1. The molecule has 25 heavy (non-hydrogen) atoms. The Morgan fingerprint density at radius 2 is 1.48 bits per heavy atom. The van der Waals surface area contributed by atoms with Crippen molar-refractivity contribution in [2.24, 2.45) is 0 Å². The quantitative estimate of drug-likeness (QED) is 0.606. The Kier molecular flexibility index (Phi) is 7.52. The lowest BCUT2D eigenvalue weighted by Crippen LogP contribution is -2.39. The fourth-order valence-corrected chi connectivity index (χ4v) is 2.19. The summed E-state index contributed by atoms with van der Waals surface area (Å²) >= 11 is 0. The van der Waals surface area contributed by atoms with E-state index in [1.54, 1.807) is 12.4 Å². The molecule has 2 amide bonds. The summed E-state index contributed by atoms with van der Waals surface area (Å²) in [5.74, 6) is -0.931. The molecule has 7 nitrogen and oxygen atoms in total. The van der Waals surface area contributed by atoms with Crippen LogP contribution < -0.4 is 10.6 Å². The predicted octanol–water partition coefficient (Wildman–Crippen LogP) is 0.245. The zero-order valence-electron chi connectivity index (χ0n) is 13.9. The molecule has 0 saturated carbocycles. The van der Waals surface area contributed by atoms with E-state index in [-0.39, 0.29) is 12.3 Å². The van der Waals surface area contributed by atoms with Crippen LogP contribution in [-0.2, 0) is 22.4 Å². The molecule has 7 heteroatoms. The Hall–Kier alpha value is -2.80. The van der Waals surface area contributed by atoms with Crippen LogP contribution in [0, 0.1) is 0 Å². The van der Waals surface area contributed by atoms with Gasteiger partial charge in [-0.3, -0.25) is 19.6 Å². The Morgan fingerprint density at radius 1 is 0.920 bits per heavy atom. The van der Waals surface area contributed by atoms with Crippen LogP contribution in [0.25, 0.3) is 0 Å². The monoisotopic (exact) mass is 342 g/mol. The molecule has 132 valence electrons. The molecular formula is C18H22N4O3. The summed E-state index contributed by atoms with van der Waals surface area (Å²) in [6, 6.07) is 11.1. The Balaban J connectivity index is 1.61. The molecule has 0 unspecified atom stereocenters. The van der Waals surface area contributed by atoms with E-state index in [1.807, 2.05) is 36.4 Å². The molecule has 2 aromatic rings. The van der Waals surface area contributed by atoms with Gasteiger partial charge >= 0.3 is 0 Å². The van der Waals surface area contributed by atoms with Gasteiger partial charge in [0.1, 0.15) is 6.10 Å². The van der Waals surface area contributed by atoms with E-state index < -0.39 is 12.0 Å². The number of rotatable bonds is 9. The maximum absolute atomic E-state index is 11.8. The van der Waals surface area contributed by atoms with Crippen molar-refractivity contribution in [2.75, 3.05) is 13.1 Å². The number of hydrogen-bond acceptors (Lipinski definition) is 5. The minimum Gasteiger partial charge on any atom is -0.383 e. The summed E-state index contributed by atoms with van der Waals surface area (Å²) < 4.78 is 0. The van der Waals surface area contributed by atoms with Crippen molar-refractivity contribution in [2.45, 2.75) is 25.4 Å². The van der Waals surface area contributed by atoms with E-state index in [4.69, 9.17) is 0 Å². The molecule has 2 aromatic heterocycles. The second-order valence-corrected chi connectivity index (χ2v) is 5.50. The summed E-state index contributed by atoms with van der Waals surface area (Å²) in [7, 11) is 0. The first-order valence-electron chi connectivity index (χ1n) is 8.17. The third kappa shape index (κ3) is 7.09. The first kappa shape index (κ1) is 18.5. The number of pyridine rings is 2. The van der Waals surface area contributed by atoms with E-state index in [0.29, 0.717) is 25.9 Å². The minimum absolute atomic E-state index is 0.266. The van der Waals surface area contributed by atoms with Crippen molar-refractivity contribution in [3.05, 3.63) is 60.2 Å². The third-order valence-corrected chi connectivity index (χ3v) is 3.52. The number of nitrogens with one attached hydrogen (secondary N) is 2. The van der Waals surface area contributed by atoms with Gasteiger partial charge in [0.2, 0.25) is 11.8 Å². The van der Waals surface area contributed by atoms with Crippen molar-refractivity contribution in [3.8, 4) is 0 Å². The van der Waals surface area contributed by atoms with Crippen LogP contribution in [0.3, 0.4) is 0 Å². The highest BCUT2D eigenvalue weighted by atomic mass is 16.3. The SMILES string of the molecule is O=C(C[C@H](O)C(=O)NCCc1ccccn1)NCCc1ccccn1.